The van der Waals surface area contributed by atoms with Crippen molar-refractivity contribution >= 4 is 0 Å². The molecule has 0 aromatic heterocycles. The number of rotatable bonds is 5. The molecule has 0 bridgehead atoms. The molecule has 0 radical (unpaired) electrons. The molecule has 0 aliphatic carbocycles. The van der Waals surface area contributed by atoms with Crippen LogP contribution < -0.4 is 0 Å². The Labute approximate surface area is 78.1 Å². The monoisotopic (exact) mass is 171 g/mol. The third-order valence-corrected chi connectivity index (χ3v) is 2.30. The van der Waals surface area contributed by atoms with Crippen molar-refractivity contribution in [3.63, 3.8) is 0 Å². The molecule has 0 amide bonds. The predicted molar refractivity (Wildman–Crippen MR) is 56.5 cm³/mol. The summed E-state index contributed by atoms with van der Waals surface area (Å²) in [6, 6.07) is 0. The van der Waals surface area contributed by atoms with Crippen LogP contribution in [0.5, 0.6) is 0 Å². The molecular weight excluding hydrogens is 146 g/mol. The van der Waals surface area contributed by atoms with Crippen molar-refractivity contribution in [1.29, 1.82) is 0 Å². The molecule has 0 atom stereocenters. The summed E-state index contributed by atoms with van der Waals surface area (Å²) in [5, 5.41) is 0. The van der Waals surface area contributed by atoms with E-state index in [0.29, 0.717) is 5.41 Å². The summed E-state index contributed by atoms with van der Waals surface area (Å²) in [6.45, 7) is 15.1. The SMILES string of the molecule is CCN(CC)CCCC(C)(C)C. The van der Waals surface area contributed by atoms with E-state index in [-0.39, 0.29) is 0 Å². The minimum Gasteiger partial charge on any atom is -0.304 e. The Balaban J connectivity index is 3.41. The lowest BCUT2D eigenvalue weighted by molar-refractivity contribution is 0.268. The minimum atomic E-state index is 0.507. The molecular formula is C11H25N. The Hall–Kier alpha value is -0.0400. The zero-order valence-electron chi connectivity index (χ0n) is 9.48. The van der Waals surface area contributed by atoms with E-state index in [1.165, 1.54) is 32.5 Å². The molecule has 0 N–H and O–H groups in total. The maximum absolute atomic E-state index is 2.49. The van der Waals surface area contributed by atoms with Crippen molar-refractivity contribution in [2.75, 3.05) is 19.6 Å². The summed E-state index contributed by atoms with van der Waals surface area (Å²) in [5.41, 5.74) is 0.507. The molecule has 74 valence electrons. The van der Waals surface area contributed by atoms with Gasteiger partial charge in [-0.25, -0.2) is 0 Å². The van der Waals surface area contributed by atoms with Gasteiger partial charge in [0, 0.05) is 0 Å². The molecule has 0 rings (SSSR count). The van der Waals surface area contributed by atoms with Gasteiger partial charge in [0.1, 0.15) is 0 Å². The van der Waals surface area contributed by atoms with Crippen LogP contribution in [0.15, 0.2) is 0 Å². The molecule has 0 aromatic rings. The lowest BCUT2D eigenvalue weighted by Crippen LogP contribution is -2.24. The van der Waals surface area contributed by atoms with Crippen LogP contribution in [0.25, 0.3) is 0 Å². The van der Waals surface area contributed by atoms with E-state index in [1.807, 2.05) is 0 Å². The molecule has 0 saturated heterocycles. The van der Waals surface area contributed by atoms with Crippen molar-refractivity contribution < 1.29 is 0 Å². The Morgan fingerprint density at radius 3 is 1.83 bits per heavy atom. The van der Waals surface area contributed by atoms with Gasteiger partial charge in [0.05, 0.1) is 0 Å². The third-order valence-electron chi connectivity index (χ3n) is 2.30. The fourth-order valence-corrected chi connectivity index (χ4v) is 1.37. The molecule has 0 aromatic carbocycles. The summed E-state index contributed by atoms with van der Waals surface area (Å²) >= 11 is 0. The fourth-order valence-electron chi connectivity index (χ4n) is 1.37. The van der Waals surface area contributed by atoms with Gasteiger partial charge in [0.15, 0.2) is 0 Å². The van der Waals surface area contributed by atoms with Crippen molar-refractivity contribution in [1.82, 2.24) is 4.90 Å². The smallest absolute Gasteiger partial charge is 0.00188 e. The van der Waals surface area contributed by atoms with Gasteiger partial charge >= 0.3 is 0 Å². The average Bonchev–Trinajstić information content (AvgIpc) is 1.96. The molecule has 0 aliphatic rings. The normalized spacial score (nSPS) is 12.5. The Kier molecular flexibility index (Phi) is 5.56. The summed E-state index contributed by atoms with van der Waals surface area (Å²) < 4.78 is 0. The van der Waals surface area contributed by atoms with Gasteiger partial charge in [0.2, 0.25) is 0 Å². The molecule has 0 unspecified atom stereocenters. The lowest BCUT2D eigenvalue weighted by Gasteiger charge is -2.22. The van der Waals surface area contributed by atoms with Crippen molar-refractivity contribution in [3.8, 4) is 0 Å². The van der Waals surface area contributed by atoms with Crippen molar-refractivity contribution in [2.24, 2.45) is 5.41 Å². The van der Waals surface area contributed by atoms with Crippen LogP contribution in [0, 0.1) is 5.41 Å². The molecule has 0 aliphatic heterocycles. The first-order valence-electron chi connectivity index (χ1n) is 5.22. The van der Waals surface area contributed by atoms with E-state index in [9.17, 15) is 0 Å². The van der Waals surface area contributed by atoms with E-state index in [2.05, 4.69) is 39.5 Å². The summed E-state index contributed by atoms with van der Waals surface area (Å²) in [7, 11) is 0. The van der Waals surface area contributed by atoms with Gasteiger partial charge in [-0.15, -0.1) is 0 Å². The van der Waals surface area contributed by atoms with E-state index < -0.39 is 0 Å². The van der Waals surface area contributed by atoms with Gasteiger partial charge in [-0.2, -0.15) is 0 Å². The number of hydrogen-bond acceptors (Lipinski definition) is 1. The largest absolute Gasteiger partial charge is 0.304 e. The molecule has 1 nitrogen and oxygen atoms in total. The van der Waals surface area contributed by atoms with Gasteiger partial charge in [-0.05, 0) is 37.9 Å². The van der Waals surface area contributed by atoms with Crippen molar-refractivity contribution in [2.45, 2.75) is 47.5 Å². The van der Waals surface area contributed by atoms with Crippen LogP contribution in [0.4, 0.5) is 0 Å². The Bertz CT molecular complexity index is 98.1. The van der Waals surface area contributed by atoms with E-state index in [0.717, 1.165) is 0 Å². The zero-order chi connectivity index (χ0) is 9.61. The third kappa shape index (κ3) is 6.66. The second kappa shape index (κ2) is 5.58. The standard InChI is InChI=1S/C11H25N/c1-6-12(7-2)10-8-9-11(3,4)5/h6-10H2,1-5H3. The topological polar surface area (TPSA) is 3.24 Å². The quantitative estimate of drug-likeness (QED) is 0.614. The highest BCUT2D eigenvalue weighted by atomic mass is 15.1. The molecule has 12 heavy (non-hydrogen) atoms. The van der Waals surface area contributed by atoms with Crippen LogP contribution >= 0.6 is 0 Å². The number of hydrogen-bond donors (Lipinski definition) is 0. The second-order valence-corrected chi connectivity index (χ2v) is 4.69. The minimum absolute atomic E-state index is 0.507. The molecule has 0 spiro atoms. The molecule has 1 heteroatoms. The van der Waals surface area contributed by atoms with Gasteiger partial charge < -0.3 is 4.90 Å². The van der Waals surface area contributed by atoms with Crippen molar-refractivity contribution in [3.05, 3.63) is 0 Å². The lowest BCUT2D eigenvalue weighted by atomic mass is 9.90. The average molecular weight is 171 g/mol. The Morgan fingerprint density at radius 2 is 1.50 bits per heavy atom. The maximum atomic E-state index is 2.49. The van der Waals surface area contributed by atoms with Crippen LogP contribution in [-0.4, -0.2) is 24.5 Å². The van der Waals surface area contributed by atoms with Crippen LogP contribution in [-0.2, 0) is 0 Å². The summed E-state index contributed by atoms with van der Waals surface area (Å²) in [5.74, 6) is 0. The van der Waals surface area contributed by atoms with Gasteiger partial charge in [0.25, 0.3) is 0 Å². The fraction of sp³-hybridized carbons (Fsp3) is 1.00. The number of nitrogens with zero attached hydrogens (tertiary/aromatic N) is 1. The molecule has 0 saturated carbocycles. The van der Waals surface area contributed by atoms with Gasteiger partial charge in [-0.1, -0.05) is 34.6 Å². The van der Waals surface area contributed by atoms with Crippen LogP contribution in [0.2, 0.25) is 0 Å². The predicted octanol–water partition coefficient (Wildman–Crippen LogP) is 3.15. The highest BCUT2D eigenvalue weighted by Crippen LogP contribution is 2.20. The van der Waals surface area contributed by atoms with E-state index in [1.54, 1.807) is 0 Å². The first-order valence-corrected chi connectivity index (χ1v) is 5.22. The molecule has 0 heterocycles. The summed E-state index contributed by atoms with van der Waals surface area (Å²) in [6.07, 6.45) is 2.68. The summed E-state index contributed by atoms with van der Waals surface area (Å²) in [4.78, 5) is 2.49. The highest BCUT2D eigenvalue weighted by molar-refractivity contribution is 4.63. The van der Waals surface area contributed by atoms with Gasteiger partial charge in [-0.3, -0.25) is 0 Å². The molecule has 0 fully saturated rings. The Morgan fingerprint density at radius 1 is 1.00 bits per heavy atom. The van der Waals surface area contributed by atoms with E-state index in [4.69, 9.17) is 0 Å². The highest BCUT2D eigenvalue weighted by Gasteiger charge is 2.09. The van der Waals surface area contributed by atoms with Crippen LogP contribution in [0.3, 0.4) is 0 Å². The first kappa shape index (κ1) is 12.0. The van der Waals surface area contributed by atoms with Crippen LogP contribution in [0.1, 0.15) is 47.5 Å². The zero-order valence-corrected chi connectivity index (χ0v) is 9.48. The maximum Gasteiger partial charge on any atom is -0.00188 e. The van der Waals surface area contributed by atoms with E-state index >= 15 is 0 Å². The second-order valence-electron chi connectivity index (χ2n) is 4.69. The first-order chi connectivity index (χ1) is 5.49.